The maximum Gasteiger partial charge on any atom is 0.261 e. The number of benzene rings is 4. The molecule has 1 fully saturated rings. The fourth-order valence-electron chi connectivity index (χ4n) is 6.44. The maximum absolute atomic E-state index is 13.7. The Labute approximate surface area is 279 Å². The molecule has 240 valence electrons. The predicted molar refractivity (Wildman–Crippen MR) is 191 cm³/mol. The van der Waals surface area contributed by atoms with Gasteiger partial charge in [0, 0.05) is 12.0 Å². The second kappa shape index (κ2) is 16.1. The van der Waals surface area contributed by atoms with Crippen LogP contribution < -0.4 is 10.3 Å². The molecule has 0 bridgehead atoms. The van der Waals surface area contributed by atoms with Gasteiger partial charge in [-0.2, -0.15) is 5.26 Å². The first-order chi connectivity index (χ1) is 22.9. The van der Waals surface area contributed by atoms with Gasteiger partial charge in [0.05, 0.1) is 29.1 Å². The molecule has 6 rings (SSSR count). The van der Waals surface area contributed by atoms with E-state index >= 15 is 0 Å². The first-order valence-electron chi connectivity index (χ1n) is 16.9. The number of nitriles is 1. The molecule has 0 atom stereocenters. The average molecular weight is 624 g/mol. The van der Waals surface area contributed by atoms with E-state index in [1.54, 1.807) is 10.1 Å². The maximum atomic E-state index is 13.7. The van der Waals surface area contributed by atoms with Crippen LogP contribution in [0.25, 0.3) is 16.8 Å². The molecular weight excluding hydrogens is 578 g/mol. The summed E-state index contributed by atoms with van der Waals surface area (Å²) in [6, 6.07) is 36.4. The summed E-state index contributed by atoms with van der Waals surface area (Å²) in [6.07, 6.45) is 8.38. The van der Waals surface area contributed by atoms with Gasteiger partial charge in [-0.25, -0.2) is 4.98 Å². The van der Waals surface area contributed by atoms with Crippen LogP contribution in [-0.4, -0.2) is 15.7 Å². The topological polar surface area (TPSA) is 67.9 Å². The first kappa shape index (κ1) is 33.4. The molecule has 0 unspecified atom stereocenters. The minimum atomic E-state index is -0.0502. The van der Waals surface area contributed by atoms with Crippen molar-refractivity contribution in [3.63, 3.8) is 0 Å². The van der Waals surface area contributed by atoms with Crippen molar-refractivity contribution in [3.8, 4) is 28.6 Å². The van der Waals surface area contributed by atoms with Crippen LogP contribution in [-0.2, 0) is 12.8 Å². The van der Waals surface area contributed by atoms with Gasteiger partial charge in [0.25, 0.3) is 5.56 Å². The molecule has 0 radical (unpaired) electrons. The highest BCUT2D eigenvalue weighted by molar-refractivity contribution is 5.70. The van der Waals surface area contributed by atoms with Gasteiger partial charge in [-0.15, -0.1) is 0 Å². The molecule has 1 aliphatic carbocycles. The Hall–Kier alpha value is -4.95. The summed E-state index contributed by atoms with van der Waals surface area (Å²) in [5.41, 5.74) is 7.33. The SMILES string of the molecule is CCc1nc(C)n(-c2ccc(OC(C)C)cc2)c(=O)c1Cc1ccc(-c2ccccc2C#N)cc1.c1ccc(C2CCCCC2)cc1. The van der Waals surface area contributed by atoms with E-state index in [9.17, 15) is 10.1 Å². The summed E-state index contributed by atoms with van der Waals surface area (Å²) in [5, 5.41) is 9.41. The normalized spacial score (nSPS) is 13.0. The summed E-state index contributed by atoms with van der Waals surface area (Å²) in [6.45, 7) is 7.85. The van der Waals surface area contributed by atoms with E-state index in [-0.39, 0.29) is 11.7 Å². The van der Waals surface area contributed by atoms with E-state index < -0.39 is 0 Å². The molecule has 47 heavy (non-hydrogen) atoms. The Kier molecular flexibility index (Phi) is 11.4. The molecule has 0 N–H and O–H groups in total. The molecule has 5 heteroatoms. The molecule has 1 heterocycles. The summed E-state index contributed by atoms with van der Waals surface area (Å²) in [5.74, 6) is 2.29. The van der Waals surface area contributed by atoms with Crippen molar-refractivity contribution in [2.45, 2.75) is 84.7 Å². The zero-order valence-electron chi connectivity index (χ0n) is 28.1. The van der Waals surface area contributed by atoms with Crippen molar-refractivity contribution in [3.05, 3.63) is 147 Å². The van der Waals surface area contributed by atoms with Gasteiger partial charge in [-0.1, -0.05) is 99.0 Å². The third-order valence-electron chi connectivity index (χ3n) is 8.80. The van der Waals surface area contributed by atoms with Crippen molar-refractivity contribution in [1.82, 2.24) is 9.55 Å². The van der Waals surface area contributed by atoms with Crippen LogP contribution in [0.3, 0.4) is 0 Å². The van der Waals surface area contributed by atoms with Crippen LogP contribution in [0.5, 0.6) is 5.75 Å². The lowest BCUT2D eigenvalue weighted by Gasteiger charge is -2.21. The van der Waals surface area contributed by atoms with E-state index in [4.69, 9.17) is 9.72 Å². The highest BCUT2D eigenvalue weighted by Crippen LogP contribution is 2.32. The van der Waals surface area contributed by atoms with Gasteiger partial charge in [-0.05, 0) is 98.5 Å². The van der Waals surface area contributed by atoms with E-state index in [0.717, 1.165) is 39.7 Å². The van der Waals surface area contributed by atoms with E-state index in [1.165, 1.54) is 32.1 Å². The smallest absolute Gasteiger partial charge is 0.261 e. The lowest BCUT2D eigenvalue weighted by molar-refractivity contribution is 0.242. The molecule has 0 amide bonds. The van der Waals surface area contributed by atoms with E-state index in [2.05, 4.69) is 36.4 Å². The molecule has 1 aliphatic rings. The van der Waals surface area contributed by atoms with Crippen molar-refractivity contribution >= 4 is 0 Å². The molecule has 4 aromatic carbocycles. The molecule has 0 saturated heterocycles. The number of ether oxygens (including phenoxy) is 1. The zero-order chi connectivity index (χ0) is 33.2. The Bertz CT molecular complexity index is 1840. The fraction of sp³-hybridized carbons (Fsp3) is 0.310. The van der Waals surface area contributed by atoms with Crippen molar-refractivity contribution < 1.29 is 4.74 Å². The van der Waals surface area contributed by atoms with Gasteiger partial charge >= 0.3 is 0 Å². The summed E-state index contributed by atoms with van der Waals surface area (Å²) in [7, 11) is 0. The first-order valence-corrected chi connectivity index (χ1v) is 16.9. The second-order valence-electron chi connectivity index (χ2n) is 12.5. The highest BCUT2D eigenvalue weighted by Gasteiger charge is 2.17. The quantitative estimate of drug-likeness (QED) is 0.173. The van der Waals surface area contributed by atoms with Gasteiger partial charge in [0.2, 0.25) is 0 Å². The van der Waals surface area contributed by atoms with Crippen molar-refractivity contribution in [2.24, 2.45) is 0 Å². The van der Waals surface area contributed by atoms with Crippen LogP contribution in [0.15, 0.2) is 108 Å². The number of rotatable bonds is 8. The zero-order valence-corrected chi connectivity index (χ0v) is 28.1. The van der Waals surface area contributed by atoms with E-state index in [0.29, 0.717) is 29.8 Å². The van der Waals surface area contributed by atoms with E-state index in [1.807, 2.05) is 100 Å². The lowest BCUT2D eigenvalue weighted by atomic mass is 9.84. The number of hydrogen-bond donors (Lipinski definition) is 0. The number of hydrogen-bond acceptors (Lipinski definition) is 4. The van der Waals surface area contributed by atoms with Gasteiger partial charge in [0.15, 0.2) is 0 Å². The van der Waals surface area contributed by atoms with Gasteiger partial charge in [-0.3, -0.25) is 9.36 Å². The highest BCUT2D eigenvalue weighted by atomic mass is 16.5. The molecule has 5 aromatic rings. The Morgan fingerprint density at radius 3 is 2.17 bits per heavy atom. The van der Waals surface area contributed by atoms with Crippen molar-refractivity contribution in [2.75, 3.05) is 0 Å². The van der Waals surface area contributed by atoms with Crippen LogP contribution in [0, 0.1) is 18.3 Å². The molecule has 1 saturated carbocycles. The third kappa shape index (κ3) is 8.45. The van der Waals surface area contributed by atoms with Crippen LogP contribution in [0.2, 0.25) is 0 Å². The minimum Gasteiger partial charge on any atom is -0.491 e. The molecule has 5 nitrogen and oxygen atoms in total. The van der Waals surface area contributed by atoms with Crippen LogP contribution >= 0.6 is 0 Å². The Morgan fingerprint density at radius 2 is 1.53 bits per heavy atom. The largest absolute Gasteiger partial charge is 0.491 e. The predicted octanol–water partition coefficient (Wildman–Crippen LogP) is 9.75. The van der Waals surface area contributed by atoms with Crippen molar-refractivity contribution in [1.29, 1.82) is 5.26 Å². The Morgan fingerprint density at radius 1 is 0.872 bits per heavy atom. The summed E-state index contributed by atoms with van der Waals surface area (Å²) < 4.78 is 7.41. The minimum absolute atomic E-state index is 0.0502. The standard InChI is InChI=1S/C30H29N3O2.C12H16/c1-5-29-28(18-22-10-12-23(13-11-22)27-9-7-6-8-24(27)19-31)30(34)33(21(4)32-29)25-14-16-26(17-15-25)35-20(2)3;1-3-7-11(8-4-1)12-9-5-2-6-10-12/h6-17,20H,5,18H2,1-4H3;1,3-4,7-8,12H,2,5-6,9-10H2. The number of aromatic nitrogens is 2. The van der Waals surface area contributed by atoms with Crippen LogP contribution in [0.1, 0.15) is 92.6 Å². The molecule has 1 aromatic heterocycles. The van der Waals surface area contributed by atoms with Gasteiger partial charge < -0.3 is 4.74 Å². The summed E-state index contributed by atoms with van der Waals surface area (Å²) >= 11 is 0. The number of aryl methyl sites for hydroxylation is 2. The molecule has 0 spiro atoms. The molecular formula is C42H45N3O2. The average Bonchev–Trinajstić information content (AvgIpc) is 3.11. The fourth-order valence-corrected chi connectivity index (χ4v) is 6.44. The monoisotopic (exact) mass is 623 g/mol. The van der Waals surface area contributed by atoms with Gasteiger partial charge in [0.1, 0.15) is 11.6 Å². The Balaban J connectivity index is 0.000000301. The summed E-state index contributed by atoms with van der Waals surface area (Å²) in [4.78, 5) is 18.4. The van der Waals surface area contributed by atoms with Crippen LogP contribution in [0.4, 0.5) is 0 Å². The second-order valence-corrected chi connectivity index (χ2v) is 12.5. The third-order valence-corrected chi connectivity index (χ3v) is 8.80. The lowest BCUT2D eigenvalue weighted by Crippen LogP contribution is -2.28. The molecule has 0 aliphatic heterocycles. The number of nitrogens with zero attached hydrogens (tertiary/aromatic N) is 3.